The van der Waals surface area contributed by atoms with E-state index in [1.807, 2.05) is 13.0 Å². The number of aryl methyl sites for hydroxylation is 1. The number of hydrogen-bond acceptors (Lipinski definition) is 10. The maximum atomic E-state index is 12.7. The molecule has 11 nitrogen and oxygen atoms in total. The number of nitrogens with zero attached hydrogens (tertiary/aromatic N) is 4. The second-order valence-corrected chi connectivity index (χ2v) is 8.07. The molecule has 0 spiro atoms. The van der Waals surface area contributed by atoms with Gasteiger partial charge in [-0.25, -0.2) is 9.48 Å². The van der Waals surface area contributed by atoms with Crippen LogP contribution in [0.4, 0.5) is 10.8 Å². The molecule has 3 aromatic heterocycles. The Kier molecular flexibility index (Phi) is 6.00. The second kappa shape index (κ2) is 8.86. The molecule has 164 valence electrons. The summed E-state index contributed by atoms with van der Waals surface area (Å²) in [5, 5.41) is 18.8. The van der Waals surface area contributed by atoms with Crippen molar-refractivity contribution in [2.45, 2.75) is 25.8 Å². The third kappa shape index (κ3) is 4.59. The predicted molar refractivity (Wildman–Crippen MR) is 113 cm³/mol. The summed E-state index contributed by atoms with van der Waals surface area (Å²) in [5.74, 6) is -0.352. The van der Waals surface area contributed by atoms with Gasteiger partial charge in [0.05, 0.1) is 25.4 Å². The molecule has 1 fully saturated rings. The predicted octanol–water partition coefficient (Wildman–Crippen LogP) is 2.08. The number of nitrogens with one attached hydrogen (secondary N) is 2. The third-order valence-corrected chi connectivity index (χ3v) is 5.68. The molecule has 1 aliphatic rings. The van der Waals surface area contributed by atoms with Crippen LogP contribution in [0.25, 0.3) is 5.13 Å². The zero-order valence-corrected chi connectivity index (χ0v) is 18.1. The van der Waals surface area contributed by atoms with Crippen LogP contribution in [0.5, 0.6) is 5.75 Å². The molecule has 2 N–H and O–H groups in total. The lowest BCUT2D eigenvalue weighted by atomic mass is 10.2. The van der Waals surface area contributed by atoms with Crippen LogP contribution in [-0.4, -0.2) is 52.8 Å². The van der Waals surface area contributed by atoms with Gasteiger partial charge in [0.15, 0.2) is 5.76 Å². The highest BCUT2D eigenvalue weighted by Crippen LogP contribution is 2.35. The third-order valence-electron chi connectivity index (χ3n) is 4.86. The second-order valence-electron chi connectivity index (χ2n) is 7.12. The van der Waals surface area contributed by atoms with E-state index >= 15 is 0 Å². The van der Waals surface area contributed by atoms with Crippen molar-refractivity contribution in [3.8, 4) is 10.9 Å². The molecule has 1 atom stereocenters. The Labute approximate surface area is 181 Å². The Morgan fingerprint density at radius 2 is 2.19 bits per heavy atom. The van der Waals surface area contributed by atoms with Crippen LogP contribution in [0.3, 0.4) is 0 Å². The summed E-state index contributed by atoms with van der Waals surface area (Å²) in [4.78, 5) is 25.1. The van der Waals surface area contributed by atoms with Crippen LogP contribution in [-0.2, 0) is 4.74 Å². The molecule has 0 radical (unpaired) electrons. The SMILES string of the molecule is COCC(Nc1cc(C(=O)Nc2nnc(-n3nccc3C)s2)oc(=O)c1OC)C1CC1. The average molecular weight is 446 g/mol. The fraction of sp³-hybridized carbons (Fsp3) is 0.421. The summed E-state index contributed by atoms with van der Waals surface area (Å²) in [6, 6.07) is 3.28. The number of anilines is 2. The van der Waals surface area contributed by atoms with E-state index in [0.29, 0.717) is 23.3 Å². The van der Waals surface area contributed by atoms with Gasteiger partial charge in [-0.15, -0.1) is 10.2 Å². The molecular weight excluding hydrogens is 424 g/mol. The van der Waals surface area contributed by atoms with Crippen molar-refractivity contribution in [1.82, 2.24) is 20.0 Å². The quantitative estimate of drug-likeness (QED) is 0.507. The highest BCUT2D eigenvalue weighted by atomic mass is 32.1. The smallest absolute Gasteiger partial charge is 0.381 e. The highest BCUT2D eigenvalue weighted by molar-refractivity contribution is 7.17. The summed E-state index contributed by atoms with van der Waals surface area (Å²) in [5.41, 5.74) is 0.505. The zero-order valence-electron chi connectivity index (χ0n) is 17.2. The summed E-state index contributed by atoms with van der Waals surface area (Å²) in [7, 11) is 2.99. The molecule has 1 unspecified atom stereocenters. The van der Waals surface area contributed by atoms with E-state index in [4.69, 9.17) is 13.9 Å². The van der Waals surface area contributed by atoms with Gasteiger partial charge in [-0.3, -0.25) is 10.1 Å². The molecule has 1 saturated carbocycles. The first kappa shape index (κ1) is 21.0. The Hall–Kier alpha value is -3.25. The van der Waals surface area contributed by atoms with Crippen LogP contribution in [0.1, 0.15) is 29.1 Å². The van der Waals surface area contributed by atoms with Crippen molar-refractivity contribution in [1.29, 1.82) is 0 Å². The molecule has 1 aliphatic carbocycles. The minimum atomic E-state index is -0.755. The monoisotopic (exact) mass is 446 g/mol. The fourth-order valence-electron chi connectivity index (χ4n) is 3.15. The maximum Gasteiger partial charge on any atom is 0.381 e. The number of methoxy groups -OCH3 is 2. The van der Waals surface area contributed by atoms with Gasteiger partial charge < -0.3 is 19.2 Å². The molecular formula is C19H22N6O5S. The van der Waals surface area contributed by atoms with Crippen LogP contribution in [0.15, 0.2) is 27.5 Å². The first-order valence-electron chi connectivity index (χ1n) is 9.63. The summed E-state index contributed by atoms with van der Waals surface area (Å²) in [6.45, 7) is 2.35. The standard InChI is InChI=1S/C19H22N6O5S/c1-10-6-7-20-25(10)19-24-23-18(31-19)22-16(26)14-8-12(15(29-3)17(27)30-14)21-13(9-28-2)11-4-5-11/h6-8,11,13,21H,4-5,9H2,1-3H3,(H,22,23,26). The molecule has 0 saturated heterocycles. The number of carbonyl (C=O) groups is 1. The van der Waals surface area contributed by atoms with Crippen LogP contribution < -0.4 is 21.0 Å². The molecule has 4 rings (SSSR count). The van der Waals surface area contributed by atoms with E-state index in [1.165, 1.54) is 13.2 Å². The normalized spacial score (nSPS) is 14.3. The first-order chi connectivity index (χ1) is 15.0. The molecule has 3 aromatic rings. The molecule has 0 aliphatic heterocycles. The number of hydrogen-bond donors (Lipinski definition) is 2. The summed E-state index contributed by atoms with van der Waals surface area (Å²) >= 11 is 1.14. The molecule has 0 bridgehead atoms. The first-order valence-corrected chi connectivity index (χ1v) is 10.4. The Morgan fingerprint density at radius 3 is 2.84 bits per heavy atom. The van der Waals surface area contributed by atoms with E-state index in [-0.39, 0.29) is 22.7 Å². The van der Waals surface area contributed by atoms with Crippen molar-refractivity contribution in [3.05, 3.63) is 40.2 Å². The van der Waals surface area contributed by atoms with Crippen molar-refractivity contribution in [2.24, 2.45) is 5.92 Å². The lowest BCUT2D eigenvalue weighted by Crippen LogP contribution is -2.28. The van der Waals surface area contributed by atoms with Crippen molar-refractivity contribution < 1.29 is 18.7 Å². The van der Waals surface area contributed by atoms with E-state index in [0.717, 1.165) is 29.9 Å². The lowest BCUT2D eigenvalue weighted by molar-refractivity contribution is 0.0991. The summed E-state index contributed by atoms with van der Waals surface area (Å²) < 4.78 is 17.2. The number of carbonyl (C=O) groups excluding carboxylic acids is 1. The Balaban J connectivity index is 1.55. The van der Waals surface area contributed by atoms with Crippen molar-refractivity contribution in [2.75, 3.05) is 31.5 Å². The lowest BCUT2D eigenvalue weighted by Gasteiger charge is -2.20. The van der Waals surface area contributed by atoms with E-state index in [1.54, 1.807) is 18.0 Å². The van der Waals surface area contributed by atoms with Gasteiger partial charge in [0.25, 0.3) is 5.91 Å². The van der Waals surface area contributed by atoms with E-state index < -0.39 is 11.5 Å². The van der Waals surface area contributed by atoms with Gasteiger partial charge >= 0.3 is 5.63 Å². The topological polar surface area (TPSA) is 133 Å². The number of rotatable bonds is 9. The highest BCUT2D eigenvalue weighted by Gasteiger charge is 2.32. The van der Waals surface area contributed by atoms with Crippen LogP contribution in [0.2, 0.25) is 0 Å². The average Bonchev–Trinajstić information content (AvgIpc) is 3.35. The fourth-order valence-corrected chi connectivity index (χ4v) is 3.91. The van der Waals surface area contributed by atoms with Gasteiger partial charge in [-0.2, -0.15) is 5.10 Å². The Bertz CT molecular complexity index is 1140. The van der Waals surface area contributed by atoms with E-state index in [2.05, 4.69) is 25.9 Å². The van der Waals surface area contributed by atoms with Crippen LogP contribution >= 0.6 is 11.3 Å². The molecule has 12 heteroatoms. The van der Waals surface area contributed by atoms with Crippen molar-refractivity contribution in [3.63, 3.8) is 0 Å². The zero-order chi connectivity index (χ0) is 22.0. The van der Waals surface area contributed by atoms with Gasteiger partial charge in [0.2, 0.25) is 16.0 Å². The number of aromatic nitrogens is 4. The van der Waals surface area contributed by atoms with Gasteiger partial charge in [0.1, 0.15) is 0 Å². The van der Waals surface area contributed by atoms with Gasteiger partial charge in [0, 0.05) is 25.1 Å². The number of amides is 1. The molecule has 3 heterocycles. The summed E-state index contributed by atoms with van der Waals surface area (Å²) in [6.07, 6.45) is 3.80. The van der Waals surface area contributed by atoms with Gasteiger partial charge in [-0.1, -0.05) is 11.3 Å². The van der Waals surface area contributed by atoms with Crippen LogP contribution in [0, 0.1) is 12.8 Å². The molecule has 31 heavy (non-hydrogen) atoms. The molecule has 1 amide bonds. The van der Waals surface area contributed by atoms with Crippen molar-refractivity contribution >= 4 is 28.1 Å². The molecule has 0 aromatic carbocycles. The number of ether oxygens (including phenoxy) is 2. The Morgan fingerprint density at radius 1 is 1.39 bits per heavy atom. The minimum Gasteiger partial charge on any atom is -0.488 e. The maximum absolute atomic E-state index is 12.7. The minimum absolute atomic E-state index is 0.000331. The van der Waals surface area contributed by atoms with E-state index in [9.17, 15) is 9.59 Å². The largest absolute Gasteiger partial charge is 0.488 e. The van der Waals surface area contributed by atoms with Gasteiger partial charge in [-0.05, 0) is 31.7 Å².